The highest BCUT2D eigenvalue weighted by molar-refractivity contribution is 7.90. The van der Waals surface area contributed by atoms with Gasteiger partial charge in [-0.2, -0.15) is 0 Å². The molecule has 0 saturated heterocycles. The van der Waals surface area contributed by atoms with Crippen LogP contribution < -0.4 is 4.90 Å². The molecule has 0 bridgehead atoms. The fraction of sp³-hybridized carbons (Fsp3) is 0.235. The van der Waals surface area contributed by atoms with Gasteiger partial charge in [-0.15, -0.1) is 11.3 Å². The minimum absolute atomic E-state index is 0.0750. The van der Waals surface area contributed by atoms with Gasteiger partial charge in [0, 0.05) is 19.4 Å². The minimum Gasteiger partial charge on any atom is -0.360 e. The van der Waals surface area contributed by atoms with Crippen LogP contribution >= 0.6 is 11.3 Å². The third-order valence-electron chi connectivity index (χ3n) is 4.20. The third kappa shape index (κ3) is 3.40. The topological polar surface area (TPSA) is 93.4 Å². The minimum atomic E-state index is -3.52. The lowest BCUT2D eigenvalue weighted by atomic mass is 10.2. The monoisotopic (exact) mass is 391 g/mol. The number of aromatic nitrogens is 1. The van der Waals surface area contributed by atoms with Crippen molar-refractivity contribution in [1.29, 1.82) is 0 Å². The Bertz CT molecular complexity index is 1060. The van der Waals surface area contributed by atoms with Gasteiger partial charge in [0.1, 0.15) is 10.7 Å². The average Bonchev–Trinajstić information content (AvgIpc) is 3.03. The summed E-state index contributed by atoms with van der Waals surface area (Å²) in [6.07, 6.45) is 1.03. The molecule has 0 N–H and O–H groups in total. The Morgan fingerprint density at radius 2 is 1.92 bits per heavy atom. The first-order valence-corrected chi connectivity index (χ1v) is 10.5. The van der Waals surface area contributed by atoms with E-state index < -0.39 is 14.8 Å². The Kier molecular flexibility index (Phi) is 4.68. The summed E-state index contributed by atoms with van der Waals surface area (Å²) in [4.78, 5) is 17.2. The maximum atomic E-state index is 11.7. The Morgan fingerprint density at radius 1 is 1.23 bits per heavy atom. The number of hydrogen-bond donors (Lipinski definition) is 0. The number of sulfone groups is 1. The Hall–Kier alpha value is -2.52. The highest BCUT2D eigenvalue weighted by Gasteiger charge is 2.25. The summed E-state index contributed by atoms with van der Waals surface area (Å²) in [5.74, 6) is 0. The van der Waals surface area contributed by atoms with Crippen molar-refractivity contribution in [2.24, 2.45) is 0 Å². The molecule has 0 radical (unpaired) electrons. The highest BCUT2D eigenvalue weighted by Crippen LogP contribution is 2.36. The van der Waals surface area contributed by atoms with Crippen molar-refractivity contribution >= 4 is 42.8 Å². The molecule has 0 amide bonds. The number of hydrogen-bond acceptors (Lipinski definition) is 7. The third-order valence-corrected chi connectivity index (χ3v) is 6.52. The van der Waals surface area contributed by atoms with Gasteiger partial charge in [-0.25, -0.2) is 13.4 Å². The number of nitrogens with zero attached hydrogens (tertiary/aromatic N) is 3. The lowest BCUT2D eigenvalue weighted by Crippen LogP contribution is -2.22. The van der Waals surface area contributed by atoms with Gasteiger partial charge in [0.2, 0.25) is 0 Å². The van der Waals surface area contributed by atoms with Gasteiger partial charge in [0.15, 0.2) is 9.84 Å². The molecular weight excluding hydrogens is 374 g/mol. The molecule has 1 atom stereocenters. The summed E-state index contributed by atoms with van der Waals surface area (Å²) < 4.78 is 24.4. The molecule has 7 nitrogen and oxygen atoms in total. The Labute approximate surface area is 155 Å². The predicted molar refractivity (Wildman–Crippen MR) is 103 cm³/mol. The van der Waals surface area contributed by atoms with E-state index in [0.29, 0.717) is 5.69 Å². The second-order valence-electron chi connectivity index (χ2n) is 5.99. The second kappa shape index (κ2) is 6.65. The van der Waals surface area contributed by atoms with Gasteiger partial charge >= 0.3 is 0 Å². The molecule has 9 heteroatoms. The first kappa shape index (κ1) is 18.3. The zero-order valence-corrected chi connectivity index (χ0v) is 16.0. The highest BCUT2D eigenvalue weighted by atomic mass is 32.2. The predicted octanol–water partition coefficient (Wildman–Crippen LogP) is 3.81. The number of anilines is 1. The van der Waals surface area contributed by atoms with Crippen molar-refractivity contribution in [1.82, 2.24) is 4.98 Å². The van der Waals surface area contributed by atoms with Crippen LogP contribution in [0.2, 0.25) is 0 Å². The summed E-state index contributed by atoms with van der Waals surface area (Å²) in [5.41, 5.74) is 0.979. The van der Waals surface area contributed by atoms with Crippen LogP contribution in [0.25, 0.3) is 10.2 Å². The van der Waals surface area contributed by atoms with Crippen molar-refractivity contribution in [3.63, 3.8) is 0 Å². The summed E-state index contributed by atoms with van der Waals surface area (Å²) in [6.45, 7) is 1.91. The number of benzene rings is 2. The van der Waals surface area contributed by atoms with Gasteiger partial charge in [-0.1, -0.05) is 12.1 Å². The number of rotatable bonds is 5. The maximum absolute atomic E-state index is 11.7. The molecule has 0 aliphatic rings. The van der Waals surface area contributed by atoms with Gasteiger partial charge < -0.3 is 4.90 Å². The average molecular weight is 391 g/mol. The Morgan fingerprint density at radius 3 is 2.54 bits per heavy atom. The molecular formula is C17H17N3O4S2. The summed E-state index contributed by atoms with van der Waals surface area (Å²) in [6, 6.07) is 11.5. The van der Waals surface area contributed by atoms with Gasteiger partial charge in [0.25, 0.3) is 5.69 Å². The van der Waals surface area contributed by atoms with Crippen LogP contribution in [0, 0.1) is 10.1 Å². The molecule has 1 heterocycles. The maximum Gasteiger partial charge on any atom is 0.293 e. The van der Waals surface area contributed by atoms with E-state index in [4.69, 9.17) is 0 Å². The molecule has 0 spiro atoms. The van der Waals surface area contributed by atoms with Crippen LogP contribution in [0.3, 0.4) is 0 Å². The van der Waals surface area contributed by atoms with Crippen LogP contribution in [-0.4, -0.2) is 31.6 Å². The van der Waals surface area contributed by atoms with E-state index in [1.54, 1.807) is 11.9 Å². The smallest absolute Gasteiger partial charge is 0.293 e. The first-order valence-electron chi connectivity index (χ1n) is 7.75. The van der Waals surface area contributed by atoms with Crippen molar-refractivity contribution in [2.75, 3.05) is 18.2 Å². The van der Waals surface area contributed by atoms with Crippen molar-refractivity contribution in [3.8, 4) is 0 Å². The van der Waals surface area contributed by atoms with Crippen molar-refractivity contribution in [2.45, 2.75) is 17.9 Å². The quantitative estimate of drug-likeness (QED) is 0.485. The normalized spacial score (nSPS) is 12.9. The van der Waals surface area contributed by atoms with E-state index in [0.717, 1.165) is 27.5 Å². The zero-order chi connectivity index (χ0) is 19.1. The number of nitro benzene ring substituents is 1. The number of nitro groups is 1. The van der Waals surface area contributed by atoms with E-state index in [1.807, 2.05) is 31.2 Å². The van der Waals surface area contributed by atoms with E-state index in [9.17, 15) is 18.5 Å². The molecule has 1 aromatic heterocycles. The lowest BCUT2D eigenvalue weighted by molar-refractivity contribution is -0.384. The molecule has 2 aromatic carbocycles. The largest absolute Gasteiger partial charge is 0.360 e. The molecule has 3 aromatic rings. The van der Waals surface area contributed by atoms with Crippen LogP contribution in [0.4, 0.5) is 11.4 Å². The molecule has 136 valence electrons. The van der Waals surface area contributed by atoms with Crippen molar-refractivity contribution < 1.29 is 13.3 Å². The fourth-order valence-corrected chi connectivity index (χ4v) is 4.33. The van der Waals surface area contributed by atoms with Crippen LogP contribution in [0.15, 0.2) is 47.4 Å². The molecule has 26 heavy (non-hydrogen) atoms. The van der Waals surface area contributed by atoms with E-state index in [-0.39, 0.29) is 16.6 Å². The lowest BCUT2D eigenvalue weighted by Gasteiger charge is -2.25. The summed E-state index contributed by atoms with van der Waals surface area (Å²) >= 11 is 1.53. The van der Waals surface area contributed by atoms with Crippen LogP contribution in [0.1, 0.15) is 18.0 Å². The first-order chi connectivity index (χ1) is 12.2. The summed E-state index contributed by atoms with van der Waals surface area (Å²) in [5, 5.41) is 12.3. The van der Waals surface area contributed by atoms with Gasteiger partial charge in [0.05, 0.1) is 26.1 Å². The van der Waals surface area contributed by atoms with E-state index in [2.05, 4.69) is 4.98 Å². The van der Waals surface area contributed by atoms with Crippen molar-refractivity contribution in [3.05, 3.63) is 57.6 Å². The number of fused-ring (bicyclic) bond motifs is 1. The molecule has 0 unspecified atom stereocenters. The van der Waals surface area contributed by atoms with Crippen LogP contribution in [0.5, 0.6) is 0 Å². The number of para-hydroxylation sites is 1. The van der Waals surface area contributed by atoms with E-state index >= 15 is 0 Å². The molecule has 0 saturated carbocycles. The van der Waals surface area contributed by atoms with E-state index in [1.165, 1.54) is 23.5 Å². The molecule has 0 aliphatic heterocycles. The summed E-state index contributed by atoms with van der Waals surface area (Å²) in [7, 11) is -1.79. The molecule has 0 fully saturated rings. The van der Waals surface area contributed by atoms with Gasteiger partial charge in [-0.3, -0.25) is 10.1 Å². The standard InChI is InChI=1S/C17H17N3O4S2/c1-11(17-18-13-6-4-5-7-16(13)25-17)19(2)14-9-8-12(26(3,23)24)10-15(14)20(21)22/h4-11H,1-3H3/t11-/m1/s1. The number of thiazole rings is 1. The fourth-order valence-electron chi connectivity index (χ4n) is 2.62. The zero-order valence-electron chi connectivity index (χ0n) is 14.4. The van der Waals surface area contributed by atoms with Gasteiger partial charge in [-0.05, 0) is 31.2 Å². The molecule has 3 rings (SSSR count). The SMILES string of the molecule is C[C@H](c1nc2ccccc2s1)N(C)c1ccc(S(C)(=O)=O)cc1[N+](=O)[O-]. The Balaban J connectivity index is 2.03. The van der Waals surface area contributed by atoms with Crippen LogP contribution in [-0.2, 0) is 9.84 Å². The molecule has 0 aliphatic carbocycles. The second-order valence-corrected chi connectivity index (χ2v) is 9.06.